The van der Waals surface area contributed by atoms with E-state index >= 15 is 0 Å². The molecule has 5 nitrogen and oxygen atoms in total. The molecule has 0 aromatic carbocycles. The maximum absolute atomic E-state index is 11.8. The van der Waals surface area contributed by atoms with Crippen molar-refractivity contribution in [1.29, 1.82) is 0 Å². The van der Waals surface area contributed by atoms with Gasteiger partial charge >= 0.3 is 5.97 Å². The molecule has 0 spiro atoms. The van der Waals surface area contributed by atoms with E-state index in [2.05, 4.69) is 11.8 Å². The second-order valence-electron chi connectivity index (χ2n) is 4.91. The Morgan fingerprint density at radius 1 is 1.45 bits per heavy atom. The molecule has 6 heteroatoms. The summed E-state index contributed by atoms with van der Waals surface area (Å²) in [5, 5.41) is 0.880. The third kappa shape index (κ3) is 3.79. The SMILES string of the molecule is CCCCN(C)c1sc(C(=O)OC)c(N)c1OC(C)C. The van der Waals surface area contributed by atoms with Crippen molar-refractivity contribution in [3.63, 3.8) is 0 Å². The van der Waals surface area contributed by atoms with Crippen LogP contribution in [0.15, 0.2) is 0 Å². The van der Waals surface area contributed by atoms with Crippen molar-refractivity contribution in [1.82, 2.24) is 0 Å². The number of carbonyl (C=O) groups is 1. The van der Waals surface area contributed by atoms with E-state index in [1.54, 1.807) is 0 Å². The van der Waals surface area contributed by atoms with Gasteiger partial charge in [0.1, 0.15) is 15.6 Å². The Morgan fingerprint density at radius 3 is 2.60 bits per heavy atom. The van der Waals surface area contributed by atoms with Gasteiger partial charge in [0.05, 0.1) is 13.2 Å². The molecule has 0 aliphatic heterocycles. The summed E-state index contributed by atoms with van der Waals surface area (Å²) < 4.78 is 10.6. The maximum Gasteiger partial charge on any atom is 0.350 e. The van der Waals surface area contributed by atoms with Crippen LogP contribution >= 0.6 is 11.3 Å². The van der Waals surface area contributed by atoms with Gasteiger partial charge in [-0.2, -0.15) is 0 Å². The monoisotopic (exact) mass is 300 g/mol. The van der Waals surface area contributed by atoms with Crippen molar-refractivity contribution >= 4 is 28.0 Å². The van der Waals surface area contributed by atoms with Gasteiger partial charge in [0.15, 0.2) is 5.75 Å². The molecule has 0 saturated heterocycles. The molecule has 114 valence electrons. The van der Waals surface area contributed by atoms with Crippen molar-refractivity contribution in [3.05, 3.63) is 4.88 Å². The van der Waals surface area contributed by atoms with Crippen molar-refractivity contribution < 1.29 is 14.3 Å². The third-order valence-electron chi connectivity index (χ3n) is 2.80. The topological polar surface area (TPSA) is 64.8 Å². The first-order chi connectivity index (χ1) is 9.42. The van der Waals surface area contributed by atoms with Crippen LogP contribution in [0.3, 0.4) is 0 Å². The number of rotatable bonds is 7. The minimum absolute atomic E-state index is 0.00396. The molecule has 2 N–H and O–H groups in total. The molecule has 0 bridgehead atoms. The third-order valence-corrected chi connectivity index (χ3v) is 4.08. The Kier molecular flexibility index (Phi) is 6.13. The first kappa shape index (κ1) is 16.6. The van der Waals surface area contributed by atoms with Crippen LogP contribution in [0, 0.1) is 0 Å². The molecule has 1 aromatic heterocycles. The zero-order valence-electron chi connectivity index (χ0n) is 12.9. The number of unbranched alkanes of at least 4 members (excludes halogenated alkanes) is 1. The van der Waals surface area contributed by atoms with E-state index in [1.807, 2.05) is 20.9 Å². The van der Waals surface area contributed by atoms with E-state index in [9.17, 15) is 4.79 Å². The first-order valence-corrected chi connectivity index (χ1v) is 7.62. The van der Waals surface area contributed by atoms with Gasteiger partial charge in [-0.1, -0.05) is 13.3 Å². The summed E-state index contributed by atoms with van der Waals surface area (Å²) >= 11 is 1.32. The summed E-state index contributed by atoms with van der Waals surface area (Å²) in [7, 11) is 3.33. The minimum atomic E-state index is -0.420. The molecule has 0 unspecified atom stereocenters. The van der Waals surface area contributed by atoms with Gasteiger partial charge in [0, 0.05) is 13.6 Å². The lowest BCUT2D eigenvalue weighted by atomic mass is 10.3. The Labute approximate surface area is 124 Å². The number of nitrogens with two attached hydrogens (primary N) is 1. The van der Waals surface area contributed by atoms with E-state index in [1.165, 1.54) is 18.4 Å². The molecule has 0 aliphatic carbocycles. The molecule has 0 aliphatic rings. The molecule has 1 heterocycles. The van der Waals surface area contributed by atoms with Gasteiger partial charge in [-0.3, -0.25) is 0 Å². The van der Waals surface area contributed by atoms with Crippen LogP contribution in [0.1, 0.15) is 43.3 Å². The first-order valence-electron chi connectivity index (χ1n) is 6.80. The Morgan fingerprint density at radius 2 is 2.10 bits per heavy atom. The molecule has 1 rings (SSSR count). The van der Waals surface area contributed by atoms with E-state index in [0.29, 0.717) is 16.3 Å². The molecule has 0 amide bonds. The lowest BCUT2D eigenvalue weighted by molar-refractivity contribution is 0.0607. The number of carbonyl (C=O) groups excluding carboxylic acids is 1. The van der Waals surface area contributed by atoms with Crippen molar-refractivity contribution in [2.24, 2.45) is 0 Å². The lowest BCUT2D eigenvalue weighted by Crippen LogP contribution is -2.19. The zero-order chi connectivity index (χ0) is 15.3. The normalized spacial score (nSPS) is 10.7. The fourth-order valence-electron chi connectivity index (χ4n) is 1.76. The van der Waals surface area contributed by atoms with Crippen LogP contribution in [-0.2, 0) is 4.74 Å². The smallest absolute Gasteiger partial charge is 0.350 e. The Bertz CT molecular complexity index is 458. The van der Waals surface area contributed by atoms with Gasteiger partial charge in [0.2, 0.25) is 0 Å². The molecular weight excluding hydrogens is 276 g/mol. The van der Waals surface area contributed by atoms with Crippen molar-refractivity contribution in [2.75, 3.05) is 31.3 Å². The van der Waals surface area contributed by atoms with Crippen LogP contribution in [0.2, 0.25) is 0 Å². The summed E-state index contributed by atoms with van der Waals surface area (Å²) in [5.41, 5.74) is 6.42. The molecule has 0 fully saturated rings. The van der Waals surface area contributed by atoms with Crippen molar-refractivity contribution in [2.45, 2.75) is 39.7 Å². The number of hydrogen-bond donors (Lipinski definition) is 1. The quantitative estimate of drug-likeness (QED) is 0.784. The van der Waals surface area contributed by atoms with Gasteiger partial charge in [-0.05, 0) is 20.3 Å². The average molecular weight is 300 g/mol. The van der Waals surface area contributed by atoms with E-state index < -0.39 is 5.97 Å². The second-order valence-corrected chi connectivity index (χ2v) is 5.91. The summed E-state index contributed by atoms with van der Waals surface area (Å²) in [6.45, 7) is 6.91. The van der Waals surface area contributed by atoms with Crippen LogP contribution in [-0.4, -0.2) is 32.8 Å². The number of anilines is 2. The van der Waals surface area contributed by atoms with Crippen LogP contribution in [0.25, 0.3) is 0 Å². The van der Waals surface area contributed by atoms with Crippen molar-refractivity contribution in [3.8, 4) is 5.75 Å². The van der Waals surface area contributed by atoms with Crippen LogP contribution in [0.4, 0.5) is 10.7 Å². The Hall–Kier alpha value is -1.43. The fraction of sp³-hybridized carbons (Fsp3) is 0.643. The lowest BCUT2D eigenvalue weighted by Gasteiger charge is -2.20. The molecular formula is C14H24N2O3S. The number of thiophene rings is 1. The highest BCUT2D eigenvalue weighted by Gasteiger charge is 2.25. The van der Waals surface area contributed by atoms with Gasteiger partial charge in [-0.25, -0.2) is 4.79 Å². The van der Waals surface area contributed by atoms with Gasteiger partial charge in [0.25, 0.3) is 0 Å². The molecule has 0 atom stereocenters. The number of ether oxygens (including phenoxy) is 2. The number of nitrogens with zero attached hydrogens (tertiary/aromatic N) is 1. The fourth-order valence-corrected chi connectivity index (χ4v) is 2.82. The molecule has 20 heavy (non-hydrogen) atoms. The summed E-state index contributed by atoms with van der Waals surface area (Å²) in [6, 6.07) is 0. The van der Waals surface area contributed by atoms with E-state index in [0.717, 1.165) is 24.4 Å². The number of methoxy groups -OCH3 is 1. The van der Waals surface area contributed by atoms with E-state index in [-0.39, 0.29) is 6.10 Å². The van der Waals surface area contributed by atoms with Gasteiger partial charge in [-0.15, -0.1) is 11.3 Å². The largest absolute Gasteiger partial charge is 0.486 e. The molecule has 0 saturated carbocycles. The van der Waals surface area contributed by atoms with Gasteiger partial charge < -0.3 is 20.1 Å². The highest BCUT2D eigenvalue weighted by atomic mass is 32.1. The highest BCUT2D eigenvalue weighted by molar-refractivity contribution is 7.19. The van der Waals surface area contributed by atoms with Crippen LogP contribution < -0.4 is 15.4 Å². The highest BCUT2D eigenvalue weighted by Crippen LogP contribution is 2.45. The minimum Gasteiger partial charge on any atom is -0.486 e. The zero-order valence-corrected chi connectivity index (χ0v) is 13.7. The summed E-state index contributed by atoms with van der Waals surface area (Å²) in [6.07, 6.45) is 2.18. The van der Waals surface area contributed by atoms with E-state index in [4.69, 9.17) is 15.2 Å². The average Bonchev–Trinajstić information content (AvgIpc) is 2.72. The maximum atomic E-state index is 11.8. The second kappa shape index (κ2) is 7.38. The van der Waals surface area contributed by atoms with Crippen LogP contribution in [0.5, 0.6) is 5.75 Å². The predicted molar refractivity (Wildman–Crippen MR) is 84.0 cm³/mol. The number of nitrogen functional groups attached to an aromatic ring is 1. The predicted octanol–water partition coefficient (Wildman–Crippen LogP) is 3.14. The number of hydrogen-bond acceptors (Lipinski definition) is 6. The molecule has 0 radical (unpaired) electrons. The summed E-state index contributed by atoms with van der Waals surface area (Å²) in [5.74, 6) is 0.167. The number of esters is 1. The standard InChI is InChI=1S/C14H24N2O3S/c1-6-7-8-16(4)13-11(19-9(2)3)10(15)12(20-13)14(17)18-5/h9H,6-8,15H2,1-5H3. The Balaban J connectivity index is 3.15. The molecule has 1 aromatic rings. The summed E-state index contributed by atoms with van der Waals surface area (Å²) in [4.78, 5) is 14.2.